The summed E-state index contributed by atoms with van der Waals surface area (Å²) in [5, 5.41) is 2.54. The first-order valence-corrected chi connectivity index (χ1v) is 7.84. The molecule has 0 saturated heterocycles. The summed E-state index contributed by atoms with van der Waals surface area (Å²) in [6.45, 7) is 2.18. The van der Waals surface area contributed by atoms with Crippen LogP contribution in [0.25, 0.3) is 33.2 Å². The number of hydrogen-bond acceptors (Lipinski definition) is 1. The van der Waals surface area contributed by atoms with E-state index in [1.165, 1.54) is 33.0 Å². The van der Waals surface area contributed by atoms with E-state index >= 15 is 0 Å². The van der Waals surface area contributed by atoms with Crippen LogP contribution in [0.2, 0.25) is 0 Å². The first kappa shape index (κ1) is 13.7. The quantitative estimate of drug-likeness (QED) is 0.450. The normalized spacial score (nSPS) is 10.8. The summed E-state index contributed by atoms with van der Waals surface area (Å²) in [6.07, 6.45) is 1.86. The van der Waals surface area contributed by atoms with E-state index in [4.69, 9.17) is 0 Å². The van der Waals surface area contributed by atoms with Gasteiger partial charge in [-0.2, -0.15) is 0 Å². The van der Waals surface area contributed by atoms with Crippen molar-refractivity contribution < 1.29 is 0 Å². The predicted octanol–water partition coefficient (Wildman–Crippen LogP) is 5.88. The monoisotopic (exact) mass is 295 g/mol. The van der Waals surface area contributed by atoms with Crippen molar-refractivity contribution in [2.45, 2.75) is 6.92 Å². The molecule has 0 aliphatic heterocycles. The Bertz CT molecular complexity index is 957. The molecule has 4 aromatic rings. The largest absolute Gasteiger partial charge is 0.256 e. The van der Waals surface area contributed by atoms with Gasteiger partial charge in [-0.1, -0.05) is 66.7 Å². The van der Waals surface area contributed by atoms with Crippen molar-refractivity contribution in [1.82, 2.24) is 4.98 Å². The summed E-state index contributed by atoms with van der Waals surface area (Å²) < 4.78 is 0. The summed E-state index contributed by atoms with van der Waals surface area (Å²) in [6, 6.07) is 27.5. The Balaban J connectivity index is 2.14. The molecule has 0 fully saturated rings. The number of pyridine rings is 1. The van der Waals surface area contributed by atoms with Gasteiger partial charge < -0.3 is 0 Å². The zero-order chi connectivity index (χ0) is 15.6. The number of rotatable bonds is 2. The van der Waals surface area contributed by atoms with Gasteiger partial charge in [0.05, 0.1) is 5.69 Å². The lowest BCUT2D eigenvalue weighted by molar-refractivity contribution is 1.33. The Morgan fingerprint density at radius 2 is 1.39 bits per heavy atom. The van der Waals surface area contributed by atoms with Crippen LogP contribution in [0.3, 0.4) is 0 Å². The topological polar surface area (TPSA) is 12.9 Å². The SMILES string of the molecule is Cc1cc(-c2ccccc2)c(-c2ccccn2)c2ccccc12. The molecule has 0 unspecified atom stereocenters. The van der Waals surface area contributed by atoms with Crippen LogP contribution in [-0.4, -0.2) is 4.98 Å². The molecule has 1 nitrogen and oxygen atoms in total. The summed E-state index contributed by atoms with van der Waals surface area (Å²) in [7, 11) is 0. The highest BCUT2D eigenvalue weighted by Gasteiger charge is 2.14. The molecule has 0 atom stereocenters. The lowest BCUT2D eigenvalue weighted by Crippen LogP contribution is -1.92. The Morgan fingerprint density at radius 1 is 0.696 bits per heavy atom. The fourth-order valence-electron chi connectivity index (χ4n) is 3.19. The van der Waals surface area contributed by atoms with Gasteiger partial charge in [0.2, 0.25) is 0 Å². The van der Waals surface area contributed by atoms with Gasteiger partial charge in [0.1, 0.15) is 0 Å². The predicted molar refractivity (Wildman–Crippen MR) is 97.4 cm³/mol. The third-order valence-electron chi connectivity index (χ3n) is 4.26. The Labute approximate surface area is 136 Å². The van der Waals surface area contributed by atoms with Crippen LogP contribution in [-0.2, 0) is 0 Å². The summed E-state index contributed by atoms with van der Waals surface area (Å²) >= 11 is 0. The second-order valence-electron chi connectivity index (χ2n) is 5.74. The minimum absolute atomic E-state index is 1.02. The first-order valence-electron chi connectivity index (χ1n) is 7.84. The average molecular weight is 295 g/mol. The van der Waals surface area contributed by atoms with Crippen molar-refractivity contribution in [2.24, 2.45) is 0 Å². The van der Waals surface area contributed by atoms with Gasteiger partial charge in [-0.15, -0.1) is 0 Å². The van der Waals surface area contributed by atoms with Gasteiger partial charge in [0, 0.05) is 11.8 Å². The molecule has 0 aliphatic rings. The summed E-state index contributed by atoms with van der Waals surface area (Å²) in [5.74, 6) is 0. The van der Waals surface area contributed by atoms with Crippen LogP contribution in [0.4, 0.5) is 0 Å². The van der Waals surface area contributed by atoms with Gasteiger partial charge >= 0.3 is 0 Å². The van der Waals surface area contributed by atoms with Crippen molar-refractivity contribution in [3.05, 3.63) is 90.6 Å². The van der Waals surface area contributed by atoms with E-state index < -0.39 is 0 Å². The van der Waals surface area contributed by atoms with Crippen LogP contribution >= 0.6 is 0 Å². The molecule has 3 aromatic carbocycles. The Morgan fingerprint density at radius 3 is 2.13 bits per heavy atom. The van der Waals surface area contributed by atoms with E-state index in [-0.39, 0.29) is 0 Å². The number of fused-ring (bicyclic) bond motifs is 1. The van der Waals surface area contributed by atoms with Crippen molar-refractivity contribution in [3.63, 3.8) is 0 Å². The van der Waals surface area contributed by atoms with E-state index in [1.807, 2.05) is 18.3 Å². The van der Waals surface area contributed by atoms with E-state index in [9.17, 15) is 0 Å². The van der Waals surface area contributed by atoms with Gasteiger partial charge in [-0.05, 0) is 46.5 Å². The van der Waals surface area contributed by atoms with Crippen molar-refractivity contribution in [3.8, 4) is 22.4 Å². The van der Waals surface area contributed by atoms with E-state index in [0.29, 0.717) is 0 Å². The minimum Gasteiger partial charge on any atom is -0.256 e. The molecule has 1 heteroatoms. The fraction of sp³-hybridized carbons (Fsp3) is 0.0455. The molecule has 4 rings (SSSR count). The highest BCUT2D eigenvalue weighted by atomic mass is 14.7. The van der Waals surface area contributed by atoms with Crippen molar-refractivity contribution >= 4 is 10.8 Å². The van der Waals surface area contributed by atoms with Gasteiger partial charge in [-0.25, -0.2) is 0 Å². The maximum absolute atomic E-state index is 4.61. The third-order valence-corrected chi connectivity index (χ3v) is 4.26. The Hall–Kier alpha value is -2.93. The molecule has 0 radical (unpaired) electrons. The Kier molecular flexibility index (Phi) is 3.39. The van der Waals surface area contributed by atoms with Crippen LogP contribution in [0.1, 0.15) is 5.56 Å². The van der Waals surface area contributed by atoms with Crippen molar-refractivity contribution in [1.29, 1.82) is 0 Å². The molecular formula is C22H17N. The van der Waals surface area contributed by atoms with E-state index in [1.54, 1.807) is 0 Å². The lowest BCUT2D eigenvalue weighted by Gasteiger charge is -2.15. The van der Waals surface area contributed by atoms with Crippen LogP contribution in [0.15, 0.2) is 85.1 Å². The van der Waals surface area contributed by atoms with Gasteiger partial charge in [-0.3, -0.25) is 4.98 Å². The molecule has 110 valence electrons. The smallest absolute Gasteiger partial charge is 0.0714 e. The van der Waals surface area contributed by atoms with E-state index in [2.05, 4.69) is 78.6 Å². The first-order chi connectivity index (χ1) is 11.3. The molecule has 0 saturated carbocycles. The second-order valence-corrected chi connectivity index (χ2v) is 5.74. The molecule has 1 heterocycles. The summed E-state index contributed by atoms with van der Waals surface area (Å²) in [4.78, 5) is 4.61. The fourth-order valence-corrected chi connectivity index (χ4v) is 3.19. The second kappa shape index (κ2) is 5.69. The third kappa shape index (κ3) is 2.40. The minimum atomic E-state index is 1.02. The number of aryl methyl sites for hydroxylation is 1. The van der Waals surface area contributed by atoms with Crippen LogP contribution < -0.4 is 0 Å². The zero-order valence-electron chi connectivity index (χ0n) is 13.0. The molecule has 0 amide bonds. The highest BCUT2D eigenvalue weighted by molar-refractivity contribution is 6.04. The molecule has 23 heavy (non-hydrogen) atoms. The van der Waals surface area contributed by atoms with E-state index in [0.717, 1.165) is 5.69 Å². The molecule has 0 spiro atoms. The van der Waals surface area contributed by atoms with Crippen LogP contribution in [0.5, 0.6) is 0 Å². The maximum Gasteiger partial charge on any atom is 0.0714 e. The highest BCUT2D eigenvalue weighted by Crippen LogP contribution is 2.38. The molecule has 0 bridgehead atoms. The standard InChI is InChI=1S/C22H17N/c1-16-15-20(17-9-3-2-4-10-17)22(21-13-7-8-14-23-21)19-12-6-5-11-18(16)19/h2-15H,1H3. The zero-order valence-corrected chi connectivity index (χ0v) is 13.0. The average Bonchev–Trinajstić information content (AvgIpc) is 2.63. The molecular weight excluding hydrogens is 278 g/mol. The molecule has 0 N–H and O–H groups in total. The van der Waals surface area contributed by atoms with Crippen LogP contribution in [0, 0.1) is 6.92 Å². The summed E-state index contributed by atoms with van der Waals surface area (Å²) in [5.41, 5.74) is 5.97. The van der Waals surface area contributed by atoms with Crippen molar-refractivity contribution in [2.75, 3.05) is 0 Å². The number of aromatic nitrogens is 1. The number of nitrogens with zero attached hydrogens (tertiary/aromatic N) is 1. The number of benzene rings is 3. The lowest BCUT2D eigenvalue weighted by atomic mass is 9.89. The van der Waals surface area contributed by atoms with Gasteiger partial charge in [0.15, 0.2) is 0 Å². The maximum atomic E-state index is 4.61. The number of hydrogen-bond donors (Lipinski definition) is 0. The molecule has 1 aromatic heterocycles. The molecule has 0 aliphatic carbocycles. The van der Waals surface area contributed by atoms with Gasteiger partial charge in [0.25, 0.3) is 0 Å².